The second kappa shape index (κ2) is 7.40. The fraction of sp³-hybridized carbons (Fsp3) is 0.120. The SMILES string of the molecule is Cc1cc(C)cc(N2C(=O)C(=O)/C(=C(/O)c3ccccc3)C2c2ccccc2)c1. The molecule has 1 aliphatic heterocycles. The molecular weight excluding hydrogens is 362 g/mol. The Morgan fingerprint density at radius 2 is 1.38 bits per heavy atom. The number of hydrogen-bond acceptors (Lipinski definition) is 3. The van der Waals surface area contributed by atoms with E-state index < -0.39 is 17.7 Å². The summed E-state index contributed by atoms with van der Waals surface area (Å²) < 4.78 is 0. The lowest BCUT2D eigenvalue weighted by molar-refractivity contribution is -0.132. The van der Waals surface area contributed by atoms with Crippen LogP contribution in [0.25, 0.3) is 5.76 Å². The number of anilines is 1. The zero-order chi connectivity index (χ0) is 20.5. The van der Waals surface area contributed by atoms with Crippen molar-refractivity contribution < 1.29 is 14.7 Å². The van der Waals surface area contributed by atoms with E-state index in [0.717, 1.165) is 16.7 Å². The van der Waals surface area contributed by atoms with Gasteiger partial charge in [0.05, 0.1) is 11.6 Å². The first kappa shape index (κ1) is 18.7. The van der Waals surface area contributed by atoms with Gasteiger partial charge in [0.2, 0.25) is 0 Å². The number of benzene rings is 3. The molecule has 1 saturated heterocycles. The third-order valence-electron chi connectivity index (χ3n) is 5.09. The van der Waals surface area contributed by atoms with Gasteiger partial charge < -0.3 is 5.11 Å². The number of amides is 1. The number of rotatable bonds is 3. The van der Waals surface area contributed by atoms with E-state index in [9.17, 15) is 14.7 Å². The summed E-state index contributed by atoms with van der Waals surface area (Å²) in [6.07, 6.45) is 0. The first-order chi connectivity index (χ1) is 14.0. The number of carbonyl (C=O) groups is 2. The van der Waals surface area contributed by atoms with Gasteiger partial charge in [0.1, 0.15) is 5.76 Å². The van der Waals surface area contributed by atoms with Gasteiger partial charge >= 0.3 is 0 Å². The Bertz CT molecular complexity index is 1100. The molecular formula is C25H21NO3. The van der Waals surface area contributed by atoms with Gasteiger partial charge in [0.25, 0.3) is 11.7 Å². The molecule has 0 radical (unpaired) electrons. The van der Waals surface area contributed by atoms with Gasteiger partial charge in [0, 0.05) is 11.3 Å². The molecule has 29 heavy (non-hydrogen) atoms. The van der Waals surface area contributed by atoms with E-state index in [0.29, 0.717) is 11.3 Å². The molecule has 4 heteroatoms. The van der Waals surface area contributed by atoms with Crippen LogP contribution in [0.15, 0.2) is 84.4 Å². The van der Waals surface area contributed by atoms with Crippen molar-refractivity contribution in [1.29, 1.82) is 0 Å². The highest BCUT2D eigenvalue weighted by atomic mass is 16.3. The summed E-state index contributed by atoms with van der Waals surface area (Å²) in [4.78, 5) is 27.6. The zero-order valence-electron chi connectivity index (χ0n) is 16.3. The average molecular weight is 383 g/mol. The molecule has 144 valence electrons. The molecule has 4 nitrogen and oxygen atoms in total. The highest BCUT2D eigenvalue weighted by molar-refractivity contribution is 6.51. The Kier molecular flexibility index (Phi) is 4.77. The van der Waals surface area contributed by atoms with E-state index in [1.54, 1.807) is 24.3 Å². The maximum Gasteiger partial charge on any atom is 0.300 e. The molecule has 0 bridgehead atoms. The molecule has 4 rings (SSSR count). The Balaban J connectivity index is 1.97. The third kappa shape index (κ3) is 3.34. The molecule has 1 aliphatic rings. The van der Waals surface area contributed by atoms with Crippen LogP contribution >= 0.6 is 0 Å². The van der Waals surface area contributed by atoms with Crippen molar-refractivity contribution in [2.75, 3.05) is 4.90 Å². The van der Waals surface area contributed by atoms with Crippen molar-refractivity contribution in [1.82, 2.24) is 0 Å². The van der Waals surface area contributed by atoms with E-state index in [4.69, 9.17) is 0 Å². The molecule has 1 atom stereocenters. The molecule has 1 unspecified atom stereocenters. The Labute approximate surface area is 169 Å². The third-order valence-corrected chi connectivity index (χ3v) is 5.09. The van der Waals surface area contributed by atoms with Crippen molar-refractivity contribution in [3.63, 3.8) is 0 Å². The zero-order valence-corrected chi connectivity index (χ0v) is 16.3. The molecule has 0 spiro atoms. The molecule has 1 heterocycles. The predicted molar refractivity (Wildman–Crippen MR) is 114 cm³/mol. The van der Waals surface area contributed by atoms with E-state index >= 15 is 0 Å². The fourth-order valence-corrected chi connectivity index (χ4v) is 3.89. The summed E-state index contributed by atoms with van der Waals surface area (Å²) in [5, 5.41) is 11.0. The number of carbonyl (C=O) groups excluding carboxylic acids is 2. The van der Waals surface area contributed by atoms with E-state index in [1.165, 1.54) is 4.90 Å². The average Bonchev–Trinajstić information content (AvgIpc) is 2.99. The molecule has 0 aromatic heterocycles. The van der Waals surface area contributed by atoms with Crippen LogP contribution in [0.3, 0.4) is 0 Å². The molecule has 1 N–H and O–H groups in total. The molecule has 1 amide bonds. The number of nitrogens with zero attached hydrogens (tertiary/aromatic N) is 1. The predicted octanol–water partition coefficient (Wildman–Crippen LogP) is 4.93. The van der Waals surface area contributed by atoms with Crippen LogP contribution < -0.4 is 4.90 Å². The van der Waals surface area contributed by atoms with E-state index in [2.05, 4.69) is 0 Å². The maximum absolute atomic E-state index is 13.1. The first-order valence-electron chi connectivity index (χ1n) is 9.47. The van der Waals surface area contributed by atoms with Gasteiger partial charge in [-0.1, -0.05) is 66.7 Å². The number of ketones is 1. The van der Waals surface area contributed by atoms with Crippen LogP contribution in [-0.2, 0) is 9.59 Å². The summed E-state index contributed by atoms with van der Waals surface area (Å²) in [5.74, 6) is -1.48. The van der Waals surface area contributed by atoms with Crippen LogP contribution in [-0.4, -0.2) is 16.8 Å². The number of aliphatic hydroxyl groups is 1. The van der Waals surface area contributed by atoms with Gasteiger partial charge in [-0.25, -0.2) is 0 Å². The van der Waals surface area contributed by atoms with Gasteiger partial charge in [-0.15, -0.1) is 0 Å². The monoisotopic (exact) mass is 383 g/mol. The Morgan fingerprint density at radius 3 is 1.97 bits per heavy atom. The summed E-state index contributed by atoms with van der Waals surface area (Å²) >= 11 is 0. The van der Waals surface area contributed by atoms with Crippen molar-refractivity contribution >= 4 is 23.1 Å². The minimum Gasteiger partial charge on any atom is -0.507 e. The van der Waals surface area contributed by atoms with Gasteiger partial charge in [-0.3, -0.25) is 14.5 Å². The van der Waals surface area contributed by atoms with Crippen LogP contribution in [0.4, 0.5) is 5.69 Å². The van der Waals surface area contributed by atoms with Crippen LogP contribution in [0.2, 0.25) is 0 Å². The lowest BCUT2D eigenvalue weighted by atomic mass is 9.95. The first-order valence-corrected chi connectivity index (χ1v) is 9.47. The number of hydrogen-bond donors (Lipinski definition) is 1. The number of Topliss-reactive ketones (excluding diaryl/α,β-unsaturated/α-hetero) is 1. The van der Waals surface area contributed by atoms with Gasteiger partial charge in [-0.05, 0) is 42.7 Å². The summed E-state index contributed by atoms with van der Waals surface area (Å²) in [7, 11) is 0. The molecule has 3 aromatic rings. The van der Waals surface area contributed by atoms with E-state index in [-0.39, 0.29) is 11.3 Å². The quantitative estimate of drug-likeness (QED) is 0.396. The van der Waals surface area contributed by atoms with Crippen molar-refractivity contribution in [3.8, 4) is 0 Å². The summed E-state index contributed by atoms with van der Waals surface area (Å²) in [6, 6.07) is 23.3. The molecule has 0 saturated carbocycles. The topological polar surface area (TPSA) is 57.6 Å². The fourth-order valence-electron chi connectivity index (χ4n) is 3.89. The Hall–Kier alpha value is -3.66. The Morgan fingerprint density at radius 1 is 0.828 bits per heavy atom. The normalized spacial score (nSPS) is 18.3. The van der Waals surface area contributed by atoms with Crippen molar-refractivity contribution in [2.45, 2.75) is 19.9 Å². The highest BCUT2D eigenvalue weighted by Crippen LogP contribution is 2.42. The number of aryl methyl sites for hydroxylation is 2. The number of aliphatic hydroxyl groups excluding tert-OH is 1. The second-order valence-corrected chi connectivity index (χ2v) is 7.29. The standard InChI is InChI=1S/C25H21NO3/c1-16-13-17(2)15-20(14-16)26-22(18-9-5-3-6-10-18)21(24(28)25(26)29)23(27)19-11-7-4-8-12-19/h3-15,22,27H,1-2H3/b23-21+. The molecule has 3 aromatic carbocycles. The minimum atomic E-state index is -0.697. The largest absolute Gasteiger partial charge is 0.507 e. The van der Waals surface area contributed by atoms with Gasteiger partial charge in [-0.2, -0.15) is 0 Å². The van der Waals surface area contributed by atoms with Gasteiger partial charge in [0.15, 0.2) is 0 Å². The summed E-state index contributed by atoms with van der Waals surface area (Å²) in [5.41, 5.74) is 4.01. The lowest BCUT2D eigenvalue weighted by Gasteiger charge is -2.26. The van der Waals surface area contributed by atoms with Crippen molar-refractivity contribution in [2.24, 2.45) is 0 Å². The smallest absolute Gasteiger partial charge is 0.300 e. The highest BCUT2D eigenvalue weighted by Gasteiger charge is 2.46. The maximum atomic E-state index is 13.1. The van der Waals surface area contributed by atoms with E-state index in [1.807, 2.05) is 68.4 Å². The van der Waals surface area contributed by atoms with Crippen LogP contribution in [0, 0.1) is 13.8 Å². The molecule has 0 aliphatic carbocycles. The minimum absolute atomic E-state index is 0.103. The molecule has 1 fully saturated rings. The van der Waals surface area contributed by atoms with Crippen LogP contribution in [0.1, 0.15) is 28.3 Å². The lowest BCUT2D eigenvalue weighted by Crippen LogP contribution is -2.29. The van der Waals surface area contributed by atoms with Crippen molar-refractivity contribution in [3.05, 3.63) is 107 Å². The van der Waals surface area contributed by atoms with Crippen LogP contribution in [0.5, 0.6) is 0 Å². The summed E-state index contributed by atoms with van der Waals surface area (Å²) in [6.45, 7) is 3.91. The second-order valence-electron chi connectivity index (χ2n) is 7.29.